The van der Waals surface area contributed by atoms with Gasteiger partial charge in [-0.1, -0.05) is 24.3 Å². The molecule has 0 radical (unpaired) electrons. The van der Waals surface area contributed by atoms with Gasteiger partial charge in [-0.15, -0.1) is 11.3 Å². The first-order chi connectivity index (χ1) is 10.2. The van der Waals surface area contributed by atoms with Crippen LogP contribution in [-0.2, 0) is 13.1 Å². The van der Waals surface area contributed by atoms with Gasteiger partial charge in [-0.2, -0.15) is 0 Å². The maximum Gasteiger partial charge on any atom is 0.191 e. The Morgan fingerprint density at radius 2 is 1.90 bits per heavy atom. The number of aliphatic imine (C=N–C) groups is 1. The summed E-state index contributed by atoms with van der Waals surface area (Å²) in [6, 6.07) is 12.7. The van der Waals surface area contributed by atoms with Crippen molar-refractivity contribution in [3.8, 4) is 0 Å². The molecule has 21 heavy (non-hydrogen) atoms. The Labute approximate surface area is 131 Å². The molecule has 2 N–H and O–H groups in total. The van der Waals surface area contributed by atoms with Crippen LogP contribution in [0.3, 0.4) is 0 Å². The Morgan fingerprint density at radius 1 is 1.10 bits per heavy atom. The number of guanidine groups is 1. The maximum atomic E-state index is 4.67. The molecule has 1 aromatic heterocycles. The topological polar surface area (TPSA) is 36.4 Å². The molecule has 0 atom stereocenters. The van der Waals surface area contributed by atoms with Gasteiger partial charge in [0.1, 0.15) is 0 Å². The maximum absolute atomic E-state index is 4.67. The van der Waals surface area contributed by atoms with Crippen LogP contribution in [0.1, 0.15) is 27.8 Å². The lowest BCUT2D eigenvalue weighted by Gasteiger charge is -2.11. The average Bonchev–Trinajstić information content (AvgIpc) is 2.89. The van der Waals surface area contributed by atoms with Crippen LogP contribution in [0.2, 0.25) is 0 Å². The smallest absolute Gasteiger partial charge is 0.191 e. The zero-order valence-electron chi connectivity index (χ0n) is 12.9. The zero-order chi connectivity index (χ0) is 15.1. The molecule has 0 unspecified atom stereocenters. The minimum absolute atomic E-state index is 0.700. The van der Waals surface area contributed by atoms with Crippen LogP contribution in [0.4, 0.5) is 0 Å². The number of nitrogens with one attached hydrogen (secondary N) is 2. The van der Waals surface area contributed by atoms with E-state index in [1.807, 2.05) is 11.3 Å². The summed E-state index contributed by atoms with van der Waals surface area (Å²) in [5.74, 6) is 0.867. The van der Waals surface area contributed by atoms with Crippen molar-refractivity contribution >= 4 is 17.3 Å². The lowest BCUT2D eigenvalue weighted by Crippen LogP contribution is -2.36. The number of thiophene rings is 1. The first-order valence-electron chi connectivity index (χ1n) is 7.31. The van der Waals surface area contributed by atoms with Crippen LogP contribution in [0.5, 0.6) is 0 Å². The Bertz CT molecular complexity index is 602. The van der Waals surface area contributed by atoms with Crippen LogP contribution in [-0.4, -0.2) is 12.5 Å². The van der Waals surface area contributed by atoms with Gasteiger partial charge in [0.05, 0.1) is 13.1 Å². The van der Waals surface area contributed by atoms with Crippen LogP contribution in [0.25, 0.3) is 0 Å². The van der Waals surface area contributed by atoms with E-state index in [0.717, 1.165) is 19.0 Å². The summed E-state index contributed by atoms with van der Waals surface area (Å²) >= 11 is 1.82. The molecular weight excluding hydrogens is 278 g/mol. The lowest BCUT2D eigenvalue weighted by molar-refractivity contribution is 0.822. The number of nitrogens with zero attached hydrogens (tertiary/aromatic N) is 1. The van der Waals surface area contributed by atoms with Gasteiger partial charge in [-0.3, -0.25) is 0 Å². The Hall–Kier alpha value is -1.81. The van der Waals surface area contributed by atoms with E-state index in [0.29, 0.717) is 6.54 Å². The van der Waals surface area contributed by atoms with E-state index < -0.39 is 0 Å². The zero-order valence-corrected chi connectivity index (χ0v) is 13.8. The number of hydrogen-bond donors (Lipinski definition) is 2. The second kappa shape index (κ2) is 7.84. The fraction of sp³-hybridized carbons (Fsp3) is 0.353. The van der Waals surface area contributed by atoms with E-state index in [4.69, 9.17) is 0 Å². The normalized spacial score (nSPS) is 11.5. The number of rotatable bonds is 5. The Balaban J connectivity index is 1.97. The molecule has 0 saturated carbocycles. The first kappa shape index (κ1) is 15.6. The van der Waals surface area contributed by atoms with Gasteiger partial charge in [-0.05, 0) is 44.0 Å². The lowest BCUT2D eigenvalue weighted by atomic mass is 10.1. The predicted molar refractivity (Wildman–Crippen MR) is 91.9 cm³/mol. The molecule has 112 valence electrons. The van der Waals surface area contributed by atoms with Crippen molar-refractivity contribution in [2.75, 3.05) is 6.54 Å². The second-order valence-corrected chi connectivity index (χ2v) is 6.36. The summed E-state index contributed by atoms with van der Waals surface area (Å²) in [4.78, 5) is 7.33. The molecule has 0 saturated heterocycles. The van der Waals surface area contributed by atoms with Gasteiger partial charge in [0.2, 0.25) is 0 Å². The molecule has 1 heterocycles. The van der Waals surface area contributed by atoms with E-state index in [9.17, 15) is 0 Å². The van der Waals surface area contributed by atoms with E-state index >= 15 is 0 Å². The second-order valence-electron chi connectivity index (χ2n) is 4.99. The molecule has 0 aliphatic rings. The molecular formula is C17H23N3S. The van der Waals surface area contributed by atoms with Crippen molar-refractivity contribution in [3.63, 3.8) is 0 Å². The van der Waals surface area contributed by atoms with Gasteiger partial charge in [0, 0.05) is 16.3 Å². The van der Waals surface area contributed by atoms with E-state index in [1.165, 1.54) is 20.9 Å². The van der Waals surface area contributed by atoms with Gasteiger partial charge in [-0.25, -0.2) is 4.99 Å². The van der Waals surface area contributed by atoms with Gasteiger partial charge < -0.3 is 10.6 Å². The standard InChI is InChI=1S/C17H23N3S/c1-4-18-17(20-12-16-10-9-14(3)21-16)19-11-15-8-6-5-7-13(15)2/h5-10H,4,11-12H2,1-3H3,(H2,18,19,20). The van der Waals surface area contributed by atoms with E-state index in [1.54, 1.807) is 0 Å². The van der Waals surface area contributed by atoms with Crippen molar-refractivity contribution in [1.82, 2.24) is 10.6 Å². The highest BCUT2D eigenvalue weighted by atomic mass is 32.1. The molecule has 0 bridgehead atoms. The third kappa shape index (κ3) is 4.90. The molecule has 0 amide bonds. The van der Waals surface area contributed by atoms with Crippen LogP contribution in [0.15, 0.2) is 41.4 Å². The number of hydrogen-bond acceptors (Lipinski definition) is 2. The molecule has 1 aromatic carbocycles. The molecule has 0 aliphatic heterocycles. The Kier molecular flexibility index (Phi) is 5.81. The van der Waals surface area contributed by atoms with E-state index in [2.05, 4.69) is 72.8 Å². The summed E-state index contributed by atoms with van der Waals surface area (Å²) < 4.78 is 0. The van der Waals surface area contributed by atoms with Crippen LogP contribution >= 0.6 is 11.3 Å². The fourth-order valence-corrected chi connectivity index (χ4v) is 2.87. The quantitative estimate of drug-likeness (QED) is 0.653. The molecule has 0 aliphatic carbocycles. The van der Waals surface area contributed by atoms with Gasteiger partial charge in [0.15, 0.2) is 5.96 Å². The van der Waals surface area contributed by atoms with E-state index in [-0.39, 0.29) is 0 Å². The van der Waals surface area contributed by atoms with Gasteiger partial charge in [0.25, 0.3) is 0 Å². The third-order valence-corrected chi connectivity index (χ3v) is 4.24. The third-order valence-electron chi connectivity index (χ3n) is 3.24. The summed E-state index contributed by atoms with van der Waals surface area (Å²) in [6.07, 6.45) is 0. The Morgan fingerprint density at radius 3 is 2.57 bits per heavy atom. The molecule has 4 heteroatoms. The van der Waals surface area contributed by atoms with Crippen LogP contribution < -0.4 is 10.6 Å². The highest BCUT2D eigenvalue weighted by Gasteiger charge is 2.01. The molecule has 3 nitrogen and oxygen atoms in total. The summed E-state index contributed by atoms with van der Waals surface area (Å²) in [6.45, 7) is 8.72. The van der Waals surface area contributed by atoms with Crippen molar-refractivity contribution < 1.29 is 0 Å². The highest BCUT2D eigenvalue weighted by molar-refractivity contribution is 7.11. The predicted octanol–water partition coefficient (Wildman–Crippen LogP) is 3.62. The van der Waals surface area contributed by atoms with Crippen LogP contribution in [0, 0.1) is 13.8 Å². The van der Waals surface area contributed by atoms with Crippen molar-refractivity contribution in [2.24, 2.45) is 4.99 Å². The molecule has 0 fully saturated rings. The van der Waals surface area contributed by atoms with Crippen molar-refractivity contribution in [1.29, 1.82) is 0 Å². The minimum Gasteiger partial charge on any atom is -0.357 e. The first-order valence-corrected chi connectivity index (χ1v) is 8.12. The summed E-state index contributed by atoms with van der Waals surface area (Å²) in [7, 11) is 0. The largest absolute Gasteiger partial charge is 0.357 e. The van der Waals surface area contributed by atoms with Crippen molar-refractivity contribution in [2.45, 2.75) is 33.9 Å². The average molecular weight is 301 g/mol. The molecule has 2 rings (SSSR count). The number of aryl methyl sites for hydroxylation is 2. The fourth-order valence-electron chi connectivity index (χ4n) is 2.04. The minimum atomic E-state index is 0.700. The highest BCUT2D eigenvalue weighted by Crippen LogP contribution is 2.14. The van der Waals surface area contributed by atoms with Crippen molar-refractivity contribution in [3.05, 3.63) is 57.3 Å². The summed E-state index contributed by atoms with van der Waals surface area (Å²) in [5.41, 5.74) is 2.55. The summed E-state index contributed by atoms with van der Waals surface area (Å²) in [5, 5.41) is 6.68. The molecule has 0 spiro atoms. The number of benzene rings is 1. The van der Waals surface area contributed by atoms with Gasteiger partial charge >= 0.3 is 0 Å². The SMILES string of the molecule is CCNC(=NCc1ccccc1C)NCc1ccc(C)s1. The monoisotopic (exact) mass is 301 g/mol. The molecule has 2 aromatic rings.